The zero-order chi connectivity index (χ0) is 13.5. The Morgan fingerprint density at radius 3 is 2.95 bits per heavy atom. The molecule has 0 bridgehead atoms. The second-order valence-corrected chi connectivity index (χ2v) is 7.12. The van der Waals surface area contributed by atoms with Gasteiger partial charge in [0.05, 0.1) is 18.6 Å². The van der Waals surface area contributed by atoms with Crippen LogP contribution in [0.3, 0.4) is 0 Å². The number of aromatic nitrogens is 2. The first kappa shape index (κ1) is 12.5. The molecule has 0 amide bonds. The SMILES string of the molecule is COc1cccc2nc(C3CCCCS3(=O)=O)cn12. The maximum absolute atomic E-state index is 12.1. The molecule has 1 aliphatic rings. The zero-order valence-corrected chi connectivity index (χ0v) is 11.6. The van der Waals surface area contributed by atoms with E-state index in [-0.39, 0.29) is 5.75 Å². The van der Waals surface area contributed by atoms with Gasteiger partial charge in [0.1, 0.15) is 10.9 Å². The van der Waals surface area contributed by atoms with E-state index in [2.05, 4.69) is 4.98 Å². The van der Waals surface area contributed by atoms with Crippen molar-refractivity contribution in [3.63, 3.8) is 0 Å². The Kier molecular flexibility index (Phi) is 2.97. The summed E-state index contributed by atoms with van der Waals surface area (Å²) in [4.78, 5) is 4.44. The molecule has 1 fully saturated rings. The van der Waals surface area contributed by atoms with E-state index in [1.165, 1.54) is 0 Å². The van der Waals surface area contributed by atoms with Crippen molar-refractivity contribution < 1.29 is 13.2 Å². The van der Waals surface area contributed by atoms with Gasteiger partial charge in [-0.3, -0.25) is 4.40 Å². The van der Waals surface area contributed by atoms with Crippen molar-refractivity contribution in [2.24, 2.45) is 0 Å². The number of pyridine rings is 1. The van der Waals surface area contributed by atoms with E-state index in [0.717, 1.165) is 18.5 Å². The molecule has 3 heterocycles. The summed E-state index contributed by atoms with van der Waals surface area (Å²) >= 11 is 0. The Bertz CT molecular complexity index is 706. The van der Waals surface area contributed by atoms with Gasteiger partial charge >= 0.3 is 0 Å². The number of fused-ring (bicyclic) bond motifs is 1. The summed E-state index contributed by atoms with van der Waals surface area (Å²) in [6.07, 6.45) is 4.14. The number of rotatable bonds is 2. The number of methoxy groups -OCH3 is 1. The van der Waals surface area contributed by atoms with E-state index in [4.69, 9.17) is 4.74 Å². The Morgan fingerprint density at radius 1 is 1.37 bits per heavy atom. The van der Waals surface area contributed by atoms with Crippen LogP contribution in [0.2, 0.25) is 0 Å². The van der Waals surface area contributed by atoms with Crippen molar-refractivity contribution in [2.45, 2.75) is 24.5 Å². The lowest BCUT2D eigenvalue weighted by Gasteiger charge is -2.20. The van der Waals surface area contributed by atoms with Crippen LogP contribution < -0.4 is 4.74 Å². The van der Waals surface area contributed by atoms with Crippen molar-refractivity contribution in [3.05, 3.63) is 30.1 Å². The number of hydrogen-bond acceptors (Lipinski definition) is 4. The van der Waals surface area contributed by atoms with Gasteiger partial charge in [0.2, 0.25) is 0 Å². The van der Waals surface area contributed by atoms with Crippen LogP contribution in [0.1, 0.15) is 30.2 Å². The van der Waals surface area contributed by atoms with Crippen LogP contribution in [0.5, 0.6) is 5.88 Å². The molecule has 0 radical (unpaired) electrons. The van der Waals surface area contributed by atoms with Crippen molar-refractivity contribution >= 4 is 15.5 Å². The highest BCUT2D eigenvalue weighted by molar-refractivity contribution is 7.91. The molecule has 0 saturated carbocycles. The van der Waals surface area contributed by atoms with Crippen molar-refractivity contribution in [1.82, 2.24) is 9.38 Å². The smallest absolute Gasteiger partial charge is 0.198 e. The molecule has 19 heavy (non-hydrogen) atoms. The molecule has 2 aromatic rings. The summed E-state index contributed by atoms with van der Waals surface area (Å²) in [5.74, 6) is 0.923. The van der Waals surface area contributed by atoms with Crippen LogP contribution in [0, 0.1) is 0 Å². The number of ether oxygens (including phenoxy) is 1. The largest absolute Gasteiger partial charge is 0.482 e. The van der Waals surface area contributed by atoms with Gasteiger partial charge in [0, 0.05) is 6.20 Å². The predicted molar refractivity (Wildman–Crippen MR) is 72.1 cm³/mol. The highest BCUT2D eigenvalue weighted by Crippen LogP contribution is 2.33. The molecule has 5 nitrogen and oxygen atoms in total. The molecule has 3 rings (SSSR count). The van der Waals surface area contributed by atoms with Gasteiger partial charge in [0.15, 0.2) is 15.7 Å². The Morgan fingerprint density at radius 2 is 2.21 bits per heavy atom. The number of sulfone groups is 1. The van der Waals surface area contributed by atoms with Gasteiger partial charge in [-0.05, 0) is 25.0 Å². The minimum atomic E-state index is -3.06. The van der Waals surface area contributed by atoms with E-state index in [1.54, 1.807) is 17.7 Å². The van der Waals surface area contributed by atoms with E-state index in [9.17, 15) is 8.42 Å². The maximum Gasteiger partial charge on any atom is 0.198 e. The van der Waals surface area contributed by atoms with E-state index in [1.807, 2.05) is 18.2 Å². The van der Waals surface area contributed by atoms with Crippen molar-refractivity contribution in [2.75, 3.05) is 12.9 Å². The maximum atomic E-state index is 12.1. The molecule has 0 aromatic carbocycles. The van der Waals surface area contributed by atoms with Crippen LogP contribution in [0.25, 0.3) is 5.65 Å². The average molecular weight is 280 g/mol. The quantitative estimate of drug-likeness (QED) is 0.844. The summed E-state index contributed by atoms with van der Waals surface area (Å²) in [6, 6.07) is 5.52. The Balaban J connectivity index is 2.11. The number of nitrogens with zero attached hydrogens (tertiary/aromatic N) is 2. The fourth-order valence-electron chi connectivity index (χ4n) is 2.61. The molecule has 0 N–H and O–H groups in total. The van der Waals surface area contributed by atoms with Crippen LogP contribution in [-0.2, 0) is 9.84 Å². The summed E-state index contributed by atoms with van der Waals surface area (Å²) in [7, 11) is -1.47. The molecule has 6 heteroatoms. The summed E-state index contributed by atoms with van der Waals surface area (Å²) < 4.78 is 31.3. The third kappa shape index (κ3) is 2.10. The first-order chi connectivity index (χ1) is 9.12. The Labute approximate surface area is 112 Å². The molecule has 0 spiro atoms. The van der Waals surface area contributed by atoms with Gasteiger partial charge < -0.3 is 4.74 Å². The number of hydrogen-bond donors (Lipinski definition) is 0. The predicted octanol–water partition coefficient (Wildman–Crippen LogP) is 1.98. The third-order valence-corrected chi connectivity index (χ3v) is 5.79. The summed E-state index contributed by atoms with van der Waals surface area (Å²) in [5, 5.41) is -0.467. The lowest BCUT2D eigenvalue weighted by atomic mass is 10.1. The van der Waals surface area contributed by atoms with E-state index in [0.29, 0.717) is 18.0 Å². The van der Waals surface area contributed by atoms with Gasteiger partial charge in [0.25, 0.3) is 0 Å². The second kappa shape index (κ2) is 4.52. The van der Waals surface area contributed by atoms with Gasteiger partial charge in [-0.1, -0.05) is 12.5 Å². The lowest BCUT2D eigenvalue weighted by molar-refractivity contribution is 0.392. The lowest BCUT2D eigenvalue weighted by Crippen LogP contribution is -2.21. The van der Waals surface area contributed by atoms with E-state index < -0.39 is 15.1 Å². The molecule has 1 saturated heterocycles. The van der Waals surface area contributed by atoms with Gasteiger partial charge in [-0.15, -0.1) is 0 Å². The normalized spacial score (nSPS) is 22.5. The standard InChI is InChI=1S/C13H16N2O3S/c1-18-13-7-4-6-12-14-10(9-15(12)13)11-5-2-3-8-19(11,16)17/h4,6-7,9,11H,2-3,5,8H2,1H3. The van der Waals surface area contributed by atoms with Crippen molar-refractivity contribution in [3.8, 4) is 5.88 Å². The first-order valence-corrected chi connectivity index (χ1v) is 8.07. The van der Waals surface area contributed by atoms with Crippen LogP contribution in [-0.4, -0.2) is 30.7 Å². The first-order valence-electron chi connectivity index (χ1n) is 6.35. The second-order valence-electron chi connectivity index (χ2n) is 4.81. The van der Waals surface area contributed by atoms with Gasteiger partial charge in [-0.2, -0.15) is 0 Å². The molecule has 1 unspecified atom stereocenters. The monoisotopic (exact) mass is 280 g/mol. The topological polar surface area (TPSA) is 60.7 Å². The molecule has 1 aliphatic heterocycles. The molecular weight excluding hydrogens is 264 g/mol. The molecule has 1 atom stereocenters. The molecule has 102 valence electrons. The summed E-state index contributed by atoms with van der Waals surface area (Å²) in [5.41, 5.74) is 1.35. The highest BCUT2D eigenvalue weighted by Gasteiger charge is 2.32. The fraction of sp³-hybridized carbons (Fsp3) is 0.462. The average Bonchev–Trinajstić information content (AvgIpc) is 2.81. The van der Waals surface area contributed by atoms with Crippen molar-refractivity contribution in [1.29, 1.82) is 0 Å². The Hall–Kier alpha value is -1.56. The fourth-order valence-corrected chi connectivity index (χ4v) is 4.51. The van der Waals surface area contributed by atoms with Crippen LogP contribution in [0.4, 0.5) is 0 Å². The summed E-state index contributed by atoms with van der Waals surface area (Å²) in [6.45, 7) is 0. The van der Waals surface area contributed by atoms with Crippen LogP contribution >= 0.6 is 0 Å². The van der Waals surface area contributed by atoms with Gasteiger partial charge in [-0.25, -0.2) is 13.4 Å². The molecule has 2 aromatic heterocycles. The third-order valence-electron chi connectivity index (χ3n) is 3.59. The highest BCUT2D eigenvalue weighted by atomic mass is 32.2. The minimum Gasteiger partial charge on any atom is -0.482 e. The minimum absolute atomic E-state index is 0.267. The van der Waals surface area contributed by atoms with Crippen LogP contribution in [0.15, 0.2) is 24.4 Å². The zero-order valence-electron chi connectivity index (χ0n) is 10.7. The molecule has 0 aliphatic carbocycles. The number of imidazole rings is 1. The van der Waals surface area contributed by atoms with E-state index >= 15 is 0 Å². The molecular formula is C13H16N2O3S.